The van der Waals surface area contributed by atoms with Gasteiger partial charge in [0.2, 0.25) is 5.91 Å². The summed E-state index contributed by atoms with van der Waals surface area (Å²) < 4.78 is 26.7. The van der Waals surface area contributed by atoms with Crippen molar-refractivity contribution in [3.8, 4) is 0 Å². The highest BCUT2D eigenvalue weighted by Gasteiger charge is 2.40. The molecule has 0 spiro atoms. The van der Waals surface area contributed by atoms with Crippen molar-refractivity contribution >= 4 is 43.7 Å². The summed E-state index contributed by atoms with van der Waals surface area (Å²) in [6, 6.07) is 2.59. The Balaban J connectivity index is 1.81. The molecular formula is C12H13N3O3S3. The first-order valence-electron chi connectivity index (χ1n) is 6.35. The monoisotopic (exact) mass is 343 g/mol. The highest BCUT2D eigenvalue weighted by atomic mass is 32.2. The van der Waals surface area contributed by atoms with E-state index in [0.29, 0.717) is 24.5 Å². The highest BCUT2D eigenvalue weighted by Crippen LogP contribution is 2.29. The van der Waals surface area contributed by atoms with Gasteiger partial charge in [0.25, 0.3) is 10.0 Å². The number of hydrogen-bond donors (Lipinski definition) is 1. The first-order chi connectivity index (χ1) is 10.1. The van der Waals surface area contributed by atoms with Gasteiger partial charge in [0, 0.05) is 18.1 Å². The molecule has 1 aliphatic heterocycles. The molecule has 112 valence electrons. The summed E-state index contributed by atoms with van der Waals surface area (Å²) in [5.74, 6) is -0.317. The van der Waals surface area contributed by atoms with Crippen LogP contribution in [0.4, 0.5) is 5.13 Å². The molecule has 1 atom stereocenters. The number of carbonyl (C=O) groups excluding carboxylic acids is 1. The summed E-state index contributed by atoms with van der Waals surface area (Å²) >= 11 is 2.47. The van der Waals surface area contributed by atoms with Gasteiger partial charge in [-0.3, -0.25) is 4.79 Å². The predicted molar refractivity (Wildman–Crippen MR) is 82.0 cm³/mol. The lowest BCUT2D eigenvalue weighted by Gasteiger charge is -2.22. The number of nitrogens with one attached hydrogen (secondary N) is 1. The molecule has 6 nitrogen and oxygen atoms in total. The van der Waals surface area contributed by atoms with Gasteiger partial charge >= 0.3 is 0 Å². The van der Waals surface area contributed by atoms with Crippen LogP contribution in [0.25, 0.3) is 0 Å². The molecule has 0 radical (unpaired) electrons. The lowest BCUT2D eigenvalue weighted by Crippen LogP contribution is -2.42. The second kappa shape index (κ2) is 5.84. The molecule has 3 heterocycles. The second-order valence-corrected chi connectivity index (χ2v) is 8.49. The van der Waals surface area contributed by atoms with Crippen LogP contribution < -0.4 is 5.32 Å². The highest BCUT2D eigenvalue weighted by molar-refractivity contribution is 7.91. The standard InChI is InChI=1S/C12H13N3O3S3/c16-11(14-12-13-5-8-20-12)9-3-1-6-15(9)21(17,18)10-4-2-7-19-10/h2,4-5,7-9H,1,3,6H2,(H,13,14,16). The van der Waals surface area contributed by atoms with Crippen LogP contribution in [0, 0.1) is 0 Å². The summed E-state index contributed by atoms with van der Waals surface area (Å²) in [4.78, 5) is 16.3. The Kier molecular flexibility index (Phi) is 4.07. The fourth-order valence-corrected chi connectivity index (χ4v) is 5.60. The van der Waals surface area contributed by atoms with Gasteiger partial charge in [0.1, 0.15) is 10.3 Å². The molecule has 1 N–H and O–H groups in total. The first kappa shape index (κ1) is 14.6. The van der Waals surface area contributed by atoms with Crippen LogP contribution in [-0.2, 0) is 14.8 Å². The van der Waals surface area contributed by atoms with Gasteiger partial charge in [-0.2, -0.15) is 4.31 Å². The molecule has 2 aromatic heterocycles. The molecule has 1 fully saturated rings. The van der Waals surface area contributed by atoms with Crippen molar-refractivity contribution in [2.24, 2.45) is 0 Å². The fourth-order valence-electron chi connectivity index (χ4n) is 2.29. The van der Waals surface area contributed by atoms with E-state index in [4.69, 9.17) is 0 Å². The fraction of sp³-hybridized carbons (Fsp3) is 0.333. The quantitative estimate of drug-likeness (QED) is 0.921. The Morgan fingerprint density at radius 2 is 2.24 bits per heavy atom. The Morgan fingerprint density at radius 3 is 2.90 bits per heavy atom. The van der Waals surface area contributed by atoms with E-state index in [1.54, 1.807) is 29.1 Å². The van der Waals surface area contributed by atoms with Gasteiger partial charge in [0.15, 0.2) is 5.13 Å². The van der Waals surface area contributed by atoms with Gasteiger partial charge in [-0.05, 0) is 24.3 Å². The van der Waals surface area contributed by atoms with Gasteiger partial charge < -0.3 is 5.32 Å². The average molecular weight is 343 g/mol. The molecule has 9 heteroatoms. The van der Waals surface area contributed by atoms with Crippen molar-refractivity contribution in [1.29, 1.82) is 0 Å². The van der Waals surface area contributed by atoms with Crippen LogP contribution in [0.15, 0.2) is 33.3 Å². The van der Waals surface area contributed by atoms with Gasteiger partial charge in [-0.1, -0.05) is 6.07 Å². The molecule has 0 aliphatic carbocycles. The van der Waals surface area contributed by atoms with Gasteiger partial charge in [-0.15, -0.1) is 22.7 Å². The summed E-state index contributed by atoms with van der Waals surface area (Å²) in [5.41, 5.74) is 0. The number of carbonyl (C=O) groups is 1. The van der Waals surface area contributed by atoms with Crippen LogP contribution in [0.1, 0.15) is 12.8 Å². The molecule has 1 amide bonds. The van der Waals surface area contributed by atoms with Crippen LogP contribution in [0.2, 0.25) is 0 Å². The number of hydrogen-bond acceptors (Lipinski definition) is 6. The average Bonchev–Trinajstić information content (AvgIpc) is 3.20. The molecule has 1 unspecified atom stereocenters. The Morgan fingerprint density at radius 1 is 1.38 bits per heavy atom. The maximum Gasteiger partial charge on any atom is 0.253 e. The van der Waals surface area contributed by atoms with Crippen molar-refractivity contribution < 1.29 is 13.2 Å². The molecule has 0 aromatic carbocycles. The van der Waals surface area contributed by atoms with Crippen molar-refractivity contribution in [2.45, 2.75) is 23.1 Å². The van der Waals surface area contributed by atoms with E-state index >= 15 is 0 Å². The third kappa shape index (κ3) is 2.86. The normalized spacial score (nSPS) is 19.7. The summed E-state index contributed by atoms with van der Waals surface area (Å²) in [6.07, 6.45) is 2.80. The van der Waals surface area contributed by atoms with E-state index in [0.717, 1.165) is 11.3 Å². The van der Waals surface area contributed by atoms with Gasteiger partial charge in [-0.25, -0.2) is 13.4 Å². The van der Waals surface area contributed by atoms with E-state index in [-0.39, 0.29) is 10.1 Å². The summed E-state index contributed by atoms with van der Waals surface area (Å²) in [5, 5.41) is 6.63. The minimum Gasteiger partial charge on any atom is -0.301 e. The van der Waals surface area contributed by atoms with E-state index in [1.165, 1.54) is 15.6 Å². The molecule has 0 saturated carbocycles. The minimum absolute atomic E-state index is 0.274. The summed E-state index contributed by atoms with van der Waals surface area (Å²) in [7, 11) is -3.59. The molecule has 21 heavy (non-hydrogen) atoms. The van der Waals surface area contributed by atoms with Crippen molar-refractivity contribution in [2.75, 3.05) is 11.9 Å². The lowest BCUT2D eigenvalue weighted by molar-refractivity contribution is -0.119. The van der Waals surface area contributed by atoms with E-state index in [9.17, 15) is 13.2 Å². The number of rotatable bonds is 4. The molecule has 0 bridgehead atoms. The number of anilines is 1. The number of nitrogens with zero attached hydrogens (tertiary/aromatic N) is 2. The van der Waals surface area contributed by atoms with Crippen LogP contribution in [0.3, 0.4) is 0 Å². The number of thiazole rings is 1. The number of thiophene rings is 1. The van der Waals surface area contributed by atoms with Crippen molar-refractivity contribution in [1.82, 2.24) is 9.29 Å². The molecule has 1 aliphatic rings. The second-order valence-electron chi connectivity index (χ2n) is 4.53. The number of aromatic nitrogens is 1. The SMILES string of the molecule is O=C(Nc1nccs1)C1CCCN1S(=O)(=O)c1cccs1. The predicted octanol–water partition coefficient (Wildman–Crippen LogP) is 2.00. The number of sulfonamides is 1. The van der Waals surface area contributed by atoms with E-state index in [1.807, 2.05) is 0 Å². The lowest BCUT2D eigenvalue weighted by atomic mass is 10.2. The van der Waals surface area contributed by atoms with Crippen molar-refractivity contribution in [3.63, 3.8) is 0 Å². The van der Waals surface area contributed by atoms with Gasteiger partial charge in [0.05, 0.1) is 0 Å². The minimum atomic E-state index is -3.59. The molecule has 2 aromatic rings. The largest absolute Gasteiger partial charge is 0.301 e. The topological polar surface area (TPSA) is 79.4 Å². The molecular weight excluding hydrogens is 330 g/mol. The Labute approximate surface area is 130 Å². The van der Waals surface area contributed by atoms with Crippen molar-refractivity contribution in [3.05, 3.63) is 29.1 Å². The zero-order chi connectivity index (χ0) is 14.9. The van der Waals surface area contributed by atoms with E-state index < -0.39 is 16.1 Å². The third-order valence-electron chi connectivity index (χ3n) is 3.23. The van der Waals surface area contributed by atoms with E-state index in [2.05, 4.69) is 10.3 Å². The smallest absolute Gasteiger partial charge is 0.253 e. The molecule has 1 saturated heterocycles. The van der Waals surface area contributed by atoms with Crippen LogP contribution in [-0.4, -0.2) is 36.2 Å². The maximum absolute atomic E-state index is 12.6. The maximum atomic E-state index is 12.6. The summed E-state index contributed by atoms with van der Waals surface area (Å²) in [6.45, 7) is 0.371. The van der Waals surface area contributed by atoms with Crippen LogP contribution in [0.5, 0.6) is 0 Å². The zero-order valence-corrected chi connectivity index (χ0v) is 13.4. The Hall–Kier alpha value is -1.29. The molecule has 3 rings (SSSR count). The first-order valence-corrected chi connectivity index (χ1v) is 9.55. The third-order valence-corrected chi connectivity index (χ3v) is 7.20. The number of amides is 1. The van der Waals surface area contributed by atoms with Crippen LogP contribution >= 0.6 is 22.7 Å². The Bertz CT molecular complexity index is 710. The zero-order valence-electron chi connectivity index (χ0n) is 10.9.